The predicted octanol–water partition coefficient (Wildman–Crippen LogP) is 3.30. The van der Waals surface area contributed by atoms with Crippen LogP contribution in [-0.2, 0) is 9.59 Å². The van der Waals surface area contributed by atoms with Crippen LogP contribution >= 0.6 is 0 Å². The summed E-state index contributed by atoms with van der Waals surface area (Å²) in [7, 11) is 0. The second-order valence-electron chi connectivity index (χ2n) is 3.66. The molecule has 0 radical (unpaired) electrons. The van der Waals surface area contributed by atoms with E-state index >= 15 is 0 Å². The molecular formula is C12H24O4. The summed E-state index contributed by atoms with van der Waals surface area (Å²) >= 11 is 0. The lowest BCUT2D eigenvalue weighted by Gasteiger charge is -1.97. The number of carboxylic acid groups (broad SMARTS) is 2. The first-order valence-electron chi connectivity index (χ1n) is 5.98. The smallest absolute Gasteiger partial charge is 0.303 e. The second kappa shape index (κ2) is 13.9. The predicted molar refractivity (Wildman–Crippen MR) is 63.6 cm³/mol. The molecule has 0 unspecified atom stereocenters. The van der Waals surface area contributed by atoms with Gasteiger partial charge in [-0.1, -0.05) is 46.0 Å². The lowest BCUT2D eigenvalue weighted by molar-refractivity contribution is -0.137. The van der Waals surface area contributed by atoms with Gasteiger partial charge >= 0.3 is 11.9 Å². The monoisotopic (exact) mass is 232 g/mol. The highest BCUT2D eigenvalue weighted by Crippen LogP contribution is 2.06. The van der Waals surface area contributed by atoms with Gasteiger partial charge in [0.1, 0.15) is 0 Å². The van der Waals surface area contributed by atoms with E-state index in [1.807, 2.05) is 0 Å². The molecule has 0 bridgehead atoms. The molecule has 0 spiro atoms. The number of carbonyl (C=O) groups is 2. The van der Waals surface area contributed by atoms with Crippen molar-refractivity contribution in [2.24, 2.45) is 0 Å². The number of rotatable bonds is 8. The van der Waals surface area contributed by atoms with Gasteiger partial charge in [-0.3, -0.25) is 9.59 Å². The van der Waals surface area contributed by atoms with E-state index in [1.54, 1.807) is 6.92 Å². The van der Waals surface area contributed by atoms with Gasteiger partial charge in [0.15, 0.2) is 0 Å². The van der Waals surface area contributed by atoms with Crippen molar-refractivity contribution >= 4 is 11.9 Å². The summed E-state index contributed by atoms with van der Waals surface area (Å²) in [5.74, 6) is -1.41. The fraction of sp³-hybridized carbons (Fsp3) is 0.833. The molecule has 0 rings (SSSR count). The third-order valence-corrected chi connectivity index (χ3v) is 2.05. The van der Waals surface area contributed by atoms with Crippen molar-refractivity contribution in [3.8, 4) is 0 Å². The molecule has 0 aliphatic heterocycles. The highest BCUT2D eigenvalue weighted by molar-refractivity contribution is 5.66. The van der Waals surface area contributed by atoms with E-state index in [0.29, 0.717) is 6.42 Å². The fourth-order valence-electron chi connectivity index (χ4n) is 1.06. The summed E-state index contributed by atoms with van der Waals surface area (Å²) in [6.45, 7) is 3.78. The summed E-state index contributed by atoms with van der Waals surface area (Å²) in [6.07, 6.45) is 7.47. The molecule has 4 nitrogen and oxygen atoms in total. The van der Waals surface area contributed by atoms with Crippen LogP contribution in [0.4, 0.5) is 0 Å². The van der Waals surface area contributed by atoms with Crippen molar-refractivity contribution in [1.29, 1.82) is 0 Å². The van der Waals surface area contributed by atoms with E-state index in [4.69, 9.17) is 10.2 Å². The van der Waals surface area contributed by atoms with E-state index in [2.05, 4.69) is 6.92 Å². The average molecular weight is 232 g/mol. The second-order valence-corrected chi connectivity index (χ2v) is 3.66. The van der Waals surface area contributed by atoms with Gasteiger partial charge in [-0.05, 0) is 6.42 Å². The number of carboxylic acids is 2. The van der Waals surface area contributed by atoms with E-state index in [-0.39, 0.29) is 6.42 Å². The average Bonchev–Trinajstić information content (AvgIpc) is 2.23. The van der Waals surface area contributed by atoms with Crippen LogP contribution in [0.3, 0.4) is 0 Å². The molecule has 0 aromatic carbocycles. The molecule has 0 aromatic rings. The van der Waals surface area contributed by atoms with Crippen LogP contribution in [0.15, 0.2) is 0 Å². The van der Waals surface area contributed by atoms with Crippen LogP contribution in [-0.4, -0.2) is 22.2 Å². The SMILES string of the molecule is CCC(=O)O.CCCCCCCCC(=O)O. The summed E-state index contributed by atoms with van der Waals surface area (Å²) in [4.78, 5) is 19.5. The van der Waals surface area contributed by atoms with Gasteiger partial charge in [-0.2, -0.15) is 0 Å². The molecule has 96 valence electrons. The zero-order chi connectivity index (χ0) is 12.8. The Hall–Kier alpha value is -1.06. The van der Waals surface area contributed by atoms with Crippen LogP contribution in [0.1, 0.15) is 65.2 Å². The van der Waals surface area contributed by atoms with Crippen LogP contribution < -0.4 is 0 Å². The minimum Gasteiger partial charge on any atom is -0.481 e. The molecule has 0 heterocycles. The van der Waals surface area contributed by atoms with E-state index in [1.165, 1.54) is 25.7 Å². The molecular weight excluding hydrogens is 208 g/mol. The van der Waals surface area contributed by atoms with Crippen LogP contribution in [0.25, 0.3) is 0 Å². The maximum atomic E-state index is 10.1. The minimum absolute atomic E-state index is 0.222. The molecule has 4 heteroatoms. The number of hydrogen-bond donors (Lipinski definition) is 2. The topological polar surface area (TPSA) is 74.6 Å². The van der Waals surface area contributed by atoms with Gasteiger partial charge in [-0.15, -0.1) is 0 Å². The third-order valence-electron chi connectivity index (χ3n) is 2.05. The zero-order valence-corrected chi connectivity index (χ0v) is 10.4. The maximum Gasteiger partial charge on any atom is 0.303 e. The highest BCUT2D eigenvalue weighted by Gasteiger charge is 1.95. The highest BCUT2D eigenvalue weighted by atomic mass is 16.4. The lowest BCUT2D eigenvalue weighted by atomic mass is 10.1. The molecule has 0 amide bonds. The molecule has 0 saturated carbocycles. The lowest BCUT2D eigenvalue weighted by Crippen LogP contribution is -1.93. The zero-order valence-electron chi connectivity index (χ0n) is 10.4. The number of aliphatic carboxylic acids is 2. The molecule has 16 heavy (non-hydrogen) atoms. The first-order valence-corrected chi connectivity index (χ1v) is 5.98. The van der Waals surface area contributed by atoms with Crippen molar-refractivity contribution in [2.75, 3.05) is 0 Å². The molecule has 0 aliphatic rings. The van der Waals surface area contributed by atoms with Gasteiger partial charge in [-0.25, -0.2) is 0 Å². The summed E-state index contributed by atoms with van der Waals surface area (Å²) in [5.41, 5.74) is 0. The Kier molecular flexibility index (Phi) is 15.1. The van der Waals surface area contributed by atoms with Gasteiger partial charge < -0.3 is 10.2 Å². The number of hydrogen-bond acceptors (Lipinski definition) is 2. The Bertz CT molecular complexity index is 178. The fourth-order valence-corrected chi connectivity index (χ4v) is 1.06. The van der Waals surface area contributed by atoms with Crippen molar-refractivity contribution in [1.82, 2.24) is 0 Å². The quantitative estimate of drug-likeness (QED) is 0.630. The first-order chi connectivity index (χ1) is 7.54. The van der Waals surface area contributed by atoms with Gasteiger partial charge in [0.2, 0.25) is 0 Å². The summed E-state index contributed by atoms with van der Waals surface area (Å²) < 4.78 is 0. The summed E-state index contributed by atoms with van der Waals surface area (Å²) in [6, 6.07) is 0. The van der Waals surface area contributed by atoms with E-state index < -0.39 is 11.9 Å². The Morgan fingerprint density at radius 2 is 1.25 bits per heavy atom. The Morgan fingerprint density at radius 1 is 0.812 bits per heavy atom. The van der Waals surface area contributed by atoms with Gasteiger partial charge in [0.05, 0.1) is 0 Å². The molecule has 0 atom stereocenters. The van der Waals surface area contributed by atoms with Gasteiger partial charge in [0.25, 0.3) is 0 Å². The van der Waals surface area contributed by atoms with E-state index in [9.17, 15) is 9.59 Å². The number of unbranched alkanes of at least 4 members (excludes halogenated alkanes) is 5. The van der Waals surface area contributed by atoms with Crippen LogP contribution in [0.2, 0.25) is 0 Å². The first kappa shape index (κ1) is 17.3. The van der Waals surface area contributed by atoms with Crippen molar-refractivity contribution in [3.05, 3.63) is 0 Å². The molecule has 0 aliphatic carbocycles. The summed E-state index contributed by atoms with van der Waals surface area (Å²) in [5, 5.41) is 16.0. The Balaban J connectivity index is 0. The maximum absolute atomic E-state index is 10.1. The molecule has 2 N–H and O–H groups in total. The Morgan fingerprint density at radius 3 is 1.62 bits per heavy atom. The Labute approximate surface area is 97.7 Å². The molecule has 0 fully saturated rings. The normalized spacial score (nSPS) is 9.12. The van der Waals surface area contributed by atoms with Crippen LogP contribution in [0.5, 0.6) is 0 Å². The third kappa shape index (κ3) is 23.1. The minimum atomic E-state index is -0.745. The molecule has 0 saturated heterocycles. The van der Waals surface area contributed by atoms with Crippen molar-refractivity contribution < 1.29 is 19.8 Å². The van der Waals surface area contributed by atoms with Crippen molar-refractivity contribution in [2.45, 2.75) is 65.2 Å². The standard InChI is InChI=1S/C9H18O2.C3H6O2/c1-2-3-4-5-6-7-8-9(10)11;1-2-3(4)5/h2-8H2,1H3,(H,10,11);2H2,1H3,(H,4,5). The van der Waals surface area contributed by atoms with Gasteiger partial charge in [0, 0.05) is 12.8 Å². The molecule has 0 aromatic heterocycles. The van der Waals surface area contributed by atoms with Crippen LogP contribution in [0, 0.1) is 0 Å². The van der Waals surface area contributed by atoms with E-state index in [0.717, 1.165) is 12.8 Å². The largest absolute Gasteiger partial charge is 0.481 e. The van der Waals surface area contributed by atoms with Crippen molar-refractivity contribution in [3.63, 3.8) is 0 Å².